The van der Waals surface area contributed by atoms with Crippen LogP contribution in [0.5, 0.6) is 0 Å². The predicted molar refractivity (Wildman–Crippen MR) is 123 cm³/mol. The summed E-state index contributed by atoms with van der Waals surface area (Å²) in [6.45, 7) is 8.11. The second kappa shape index (κ2) is 9.60. The zero-order chi connectivity index (χ0) is 21.8. The Morgan fingerprint density at radius 2 is 1.74 bits per heavy atom. The summed E-state index contributed by atoms with van der Waals surface area (Å²) in [5, 5.41) is 3.06. The molecule has 6 heteroatoms. The fourth-order valence-electron chi connectivity index (χ4n) is 5.70. The predicted octanol–water partition coefficient (Wildman–Crippen LogP) is 3.18. The van der Waals surface area contributed by atoms with Gasteiger partial charge in [0.05, 0.1) is 0 Å². The first kappa shape index (κ1) is 22.1. The van der Waals surface area contributed by atoms with Crippen molar-refractivity contribution >= 4 is 11.9 Å². The highest BCUT2D eigenvalue weighted by atomic mass is 16.2. The third-order valence-electron chi connectivity index (χ3n) is 7.70. The molecular formula is C25H38N4O2. The molecule has 0 bridgehead atoms. The molecular weight excluding hydrogens is 388 g/mol. The van der Waals surface area contributed by atoms with E-state index in [0.29, 0.717) is 18.2 Å². The first-order valence-electron chi connectivity index (χ1n) is 12.1. The van der Waals surface area contributed by atoms with Crippen LogP contribution < -0.4 is 5.32 Å². The summed E-state index contributed by atoms with van der Waals surface area (Å²) in [5.74, 6) is 0.603. The summed E-state index contributed by atoms with van der Waals surface area (Å²) in [6.07, 6.45) is 5.75. The Bertz CT molecular complexity index is 779. The number of hydrogen-bond donors (Lipinski definition) is 1. The summed E-state index contributed by atoms with van der Waals surface area (Å²) in [5.41, 5.74) is 2.91. The molecule has 0 radical (unpaired) electrons. The van der Waals surface area contributed by atoms with Gasteiger partial charge in [-0.25, -0.2) is 4.79 Å². The fraction of sp³-hybridized carbons (Fsp3) is 0.680. The summed E-state index contributed by atoms with van der Waals surface area (Å²) in [7, 11) is 2.12. The van der Waals surface area contributed by atoms with Gasteiger partial charge in [0.25, 0.3) is 0 Å². The van der Waals surface area contributed by atoms with Crippen LogP contribution in [0.1, 0.15) is 62.5 Å². The molecule has 1 atom stereocenters. The molecule has 1 aromatic carbocycles. The van der Waals surface area contributed by atoms with E-state index in [1.165, 1.54) is 11.1 Å². The average Bonchev–Trinajstić information content (AvgIpc) is 3.08. The monoisotopic (exact) mass is 426 g/mol. The maximum absolute atomic E-state index is 13.1. The van der Waals surface area contributed by atoms with E-state index in [9.17, 15) is 9.59 Å². The van der Waals surface area contributed by atoms with E-state index in [1.807, 2.05) is 4.90 Å². The second-order valence-electron chi connectivity index (χ2n) is 9.73. The second-order valence-corrected chi connectivity index (χ2v) is 9.73. The zero-order valence-corrected chi connectivity index (χ0v) is 19.2. The van der Waals surface area contributed by atoms with E-state index in [2.05, 4.69) is 53.4 Å². The maximum Gasteiger partial charge on any atom is 0.317 e. The van der Waals surface area contributed by atoms with Crippen LogP contribution in [0.15, 0.2) is 24.3 Å². The first-order valence-corrected chi connectivity index (χ1v) is 12.1. The SMILES string of the molecule is CCCCNC(=O)N1CCC2(CC1)C[C@H](CC(=O)N1CCN(C)CC1)c1ccccc12. The van der Waals surface area contributed by atoms with Crippen LogP contribution in [0.25, 0.3) is 0 Å². The molecule has 0 saturated carbocycles. The number of likely N-dealkylation sites (N-methyl/N-ethyl adjacent to an activating group) is 1. The lowest BCUT2D eigenvalue weighted by atomic mass is 9.73. The van der Waals surface area contributed by atoms with Crippen molar-refractivity contribution in [2.45, 2.75) is 56.8 Å². The number of likely N-dealkylation sites (tertiary alicyclic amines) is 1. The van der Waals surface area contributed by atoms with Crippen LogP contribution in [-0.2, 0) is 10.2 Å². The molecule has 2 saturated heterocycles. The van der Waals surface area contributed by atoms with Crippen LogP contribution in [0, 0.1) is 0 Å². The number of nitrogens with zero attached hydrogens (tertiary/aromatic N) is 3. The third-order valence-corrected chi connectivity index (χ3v) is 7.70. The van der Waals surface area contributed by atoms with E-state index >= 15 is 0 Å². The minimum Gasteiger partial charge on any atom is -0.340 e. The molecule has 170 valence electrons. The van der Waals surface area contributed by atoms with Crippen molar-refractivity contribution in [1.82, 2.24) is 20.0 Å². The van der Waals surface area contributed by atoms with Crippen molar-refractivity contribution in [3.63, 3.8) is 0 Å². The Hall–Kier alpha value is -2.08. The van der Waals surface area contributed by atoms with Gasteiger partial charge in [0, 0.05) is 52.2 Å². The van der Waals surface area contributed by atoms with E-state index in [0.717, 1.165) is 77.9 Å². The van der Waals surface area contributed by atoms with Gasteiger partial charge in [-0.15, -0.1) is 0 Å². The molecule has 0 aromatic heterocycles. The Labute approximate surface area is 187 Å². The van der Waals surface area contributed by atoms with E-state index in [1.54, 1.807) is 0 Å². The summed E-state index contributed by atoms with van der Waals surface area (Å²) in [6, 6.07) is 8.83. The summed E-state index contributed by atoms with van der Waals surface area (Å²) < 4.78 is 0. The number of benzene rings is 1. The highest BCUT2D eigenvalue weighted by Crippen LogP contribution is 2.52. The lowest BCUT2D eigenvalue weighted by molar-refractivity contribution is -0.133. The fourth-order valence-corrected chi connectivity index (χ4v) is 5.70. The number of carbonyl (C=O) groups is 2. The molecule has 1 aromatic rings. The van der Waals surface area contributed by atoms with Crippen molar-refractivity contribution < 1.29 is 9.59 Å². The van der Waals surface area contributed by atoms with E-state index < -0.39 is 0 Å². The first-order chi connectivity index (χ1) is 15.0. The van der Waals surface area contributed by atoms with Crippen LogP contribution in [-0.4, -0.2) is 79.5 Å². The van der Waals surface area contributed by atoms with Crippen LogP contribution in [0.2, 0.25) is 0 Å². The van der Waals surface area contributed by atoms with Crippen molar-refractivity contribution in [3.8, 4) is 0 Å². The third kappa shape index (κ3) is 4.74. The summed E-state index contributed by atoms with van der Waals surface area (Å²) in [4.78, 5) is 31.9. The van der Waals surface area contributed by atoms with Crippen LogP contribution in [0.3, 0.4) is 0 Å². The number of nitrogens with one attached hydrogen (secondary N) is 1. The van der Waals surface area contributed by atoms with Gasteiger partial charge >= 0.3 is 6.03 Å². The lowest BCUT2D eigenvalue weighted by Gasteiger charge is -2.40. The van der Waals surface area contributed by atoms with E-state index in [-0.39, 0.29) is 11.4 Å². The number of fused-ring (bicyclic) bond motifs is 2. The molecule has 1 N–H and O–H groups in total. The van der Waals surface area contributed by atoms with Gasteiger partial charge in [0.1, 0.15) is 0 Å². The number of hydrogen-bond acceptors (Lipinski definition) is 3. The van der Waals surface area contributed by atoms with Gasteiger partial charge in [-0.3, -0.25) is 4.79 Å². The molecule has 2 heterocycles. The molecule has 31 heavy (non-hydrogen) atoms. The van der Waals surface area contributed by atoms with E-state index in [4.69, 9.17) is 0 Å². The van der Waals surface area contributed by atoms with Gasteiger partial charge < -0.3 is 20.0 Å². The van der Waals surface area contributed by atoms with Crippen molar-refractivity contribution in [3.05, 3.63) is 35.4 Å². The maximum atomic E-state index is 13.1. The standard InChI is InChI=1S/C25H38N4O2/c1-3-4-11-26-24(31)29-12-9-25(10-13-29)19-20(21-7-5-6-8-22(21)25)18-23(30)28-16-14-27(2)15-17-28/h5-8,20H,3-4,9-19H2,1-2H3,(H,26,31)/t20-/m0/s1. The highest BCUT2D eigenvalue weighted by Gasteiger charge is 2.46. The largest absolute Gasteiger partial charge is 0.340 e. The molecule has 6 nitrogen and oxygen atoms in total. The lowest BCUT2D eigenvalue weighted by Crippen LogP contribution is -2.48. The van der Waals surface area contributed by atoms with Crippen molar-refractivity contribution in [2.75, 3.05) is 52.9 Å². The van der Waals surface area contributed by atoms with Crippen LogP contribution >= 0.6 is 0 Å². The average molecular weight is 427 g/mol. The van der Waals surface area contributed by atoms with Crippen LogP contribution in [0.4, 0.5) is 4.79 Å². The van der Waals surface area contributed by atoms with Gasteiger partial charge in [-0.1, -0.05) is 37.6 Å². The van der Waals surface area contributed by atoms with Crippen molar-refractivity contribution in [1.29, 1.82) is 0 Å². The molecule has 0 unspecified atom stereocenters. The number of unbranched alkanes of at least 4 members (excludes halogenated alkanes) is 1. The number of carbonyl (C=O) groups excluding carboxylic acids is 2. The Kier molecular flexibility index (Phi) is 6.85. The van der Waals surface area contributed by atoms with Gasteiger partial charge in [0.2, 0.25) is 5.91 Å². The number of piperidine rings is 1. The molecule has 2 aliphatic heterocycles. The Morgan fingerprint density at radius 1 is 1.03 bits per heavy atom. The smallest absolute Gasteiger partial charge is 0.317 e. The molecule has 3 amide bonds. The number of urea groups is 1. The number of rotatable bonds is 5. The topological polar surface area (TPSA) is 55.9 Å². The molecule has 1 spiro atoms. The molecule has 2 fully saturated rings. The summed E-state index contributed by atoms with van der Waals surface area (Å²) >= 11 is 0. The zero-order valence-electron chi connectivity index (χ0n) is 19.2. The molecule has 4 rings (SSSR count). The molecule has 3 aliphatic rings. The Morgan fingerprint density at radius 3 is 2.45 bits per heavy atom. The minimum atomic E-state index is 0.0800. The number of piperazine rings is 1. The van der Waals surface area contributed by atoms with Crippen molar-refractivity contribution in [2.24, 2.45) is 0 Å². The van der Waals surface area contributed by atoms with Gasteiger partial charge in [-0.05, 0) is 55.2 Å². The van der Waals surface area contributed by atoms with Gasteiger partial charge in [0.15, 0.2) is 0 Å². The van der Waals surface area contributed by atoms with Gasteiger partial charge in [-0.2, -0.15) is 0 Å². The number of amides is 3. The molecule has 1 aliphatic carbocycles. The normalized spacial score (nSPS) is 23.1. The minimum absolute atomic E-state index is 0.0800. The quantitative estimate of drug-likeness (QED) is 0.736. The Balaban J connectivity index is 1.40. The highest BCUT2D eigenvalue weighted by molar-refractivity contribution is 5.78.